The van der Waals surface area contributed by atoms with Gasteiger partial charge in [0.25, 0.3) is 5.56 Å². The first-order valence-corrected chi connectivity index (χ1v) is 8.00. The number of rotatable bonds is 5. The number of hydrogen-bond donors (Lipinski definition) is 2. The number of pyridine rings is 1. The van der Waals surface area contributed by atoms with E-state index in [1.54, 1.807) is 12.1 Å². The molecule has 0 radical (unpaired) electrons. The van der Waals surface area contributed by atoms with E-state index in [9.17, 15) is 15.2 Å². The molecule has 2 N–H and O–H groups in total. The topological polar surface area (TPSA) is 111 Å². The van der Waals surface area contributed by atoms with E-state index in [0.717, 1.165) is 4.57 Å². The molecule has 0 amide bonds. The molecular weight excluding hydrogens is 367 g/mol. The number of aromatic hydroxyl groups is 1. The molecule has 0 spiro atoms. The van der Waals surface area contributed by atoms with Crippen molar-refractivity contribution < 1.29 is 10.2 Å². The summed E-state index contributed by atoms with van der Waals surface area (Å²) < 4.78 is 0.982. The van der Waals surface area contributed by atoms with Crippen LogP contribution in [0.5, 0.6) is 5.88 Å². The van der Waals surface area contributed by atoms with Gasteiger partial charge in [-0.15, -0.1) is 10.2 Å². The smallest absolute Gasteiger partial charge is 0.281 e. The van der Waals surface area contributed by atoms with E-state index in [-0.39, 0.29) is 42.1 Å². The quantitative estimate of drug-likeness (QED) is 0.767. The highest BCUT2D eigenvalue weighted by Crippen LogP contribution is 2.31. The van der Waals surface area contributed by atoms with Crippen LogP contribution in [0, 0.1) is 18.3 Å². The summed E-state index contributed by atoms with van der Waals surface area (Å²) in [4.78, 5) is 12.6. The minimum atomic E-state index is -0.621. The molecule has 1 heterocycles. The van der Waals surface area contributed by atoms with E-state index < -0.39 is 11.4 Å². The Bertz CT molecular complexity index is 932. The summed E-state index contributed by atoms with van der Waals surface area (Å²) >= 11 is 11.9. The molecule has 2 aromatic rings. The van der Waals surface area contributed by atoms with E-state index in [4.69, 9.17) is 28.3 Å². The largest absolute Gasteiger partial charge is 0.493 e. The van der Waals surface area contributed by atoms with Crippen molar-refractivity contribution in [2.75, 3.05) is 6.61 Å². The van der Waals surface area contributed by atoms with E-state index in [1.165, 1.54) is 13.0 Å². The Morgan fingerprint density at radius 2 is 2.04 bits per heavy atom. The molecule has 25 heavy (non-hydrogen) atoms. The molecule has 0 atom stereocenters. The minimum absolute atomic E-state index is 0.0383. The van der Waals surface area contributed by atoms with Gasteiger partial charge in [0.1, 0.15) is 17.3 Å². The van der Waals surface area contributed by atoms with Crippen molar-refractivity contribution in [3.8, 4) is 11.9 Å². The summed E-state index contributed by atoms with van der Waals surface area (Å²) in [7, 11) is 0. The summed E-state index contributed by atoms with van der Waals surface area (Å²) in [6.07, 6.45) is 0.234. The lowest BCUT2D eigenvalue weighted by molar-refractivity contribution is 0.274. The molecule has 2 rings (SSSR count). The number of azo groups is 1. The van der Waals surface area contributed by atoms with Crippen LogP contribution in [-0.2, 0) is 6.54 Å². The van der Waals surface area contributed by atoms with Crippen LogP contribution in [0.25, 0.3) is 0 Å². The van der Waals surface area contributed by atoms with Gasteiger partial charge in [0, 0.05) is 23.7 Å². The van der Waals surface area contributed by atoms with E-state index in [2.05, 4.69) is 10.2 Å². The van der Waals surface area contributed by atoms with Gasteiger partial charge in [-0.2, -0.15) is 5.26 Å². The number of nitrogens with zero attached hydrogens (tertiary/aromatic N) is 4. The van der Waals surface area contributed by atoms with E-state index in [0.29, 0.717) is 10.0 Å². The monoisotopic (exact) mass is 380 g/mol. The number of hydrogen-bond acceptors (Lipinski definition) is 6. The average molecular weight is 381 g/mol. The number of halogens is 2. The van der Waals surface area contributed by atoms with Gasteiger partial charge in [0.05, 0.1) is 5.02 Å². The van der Waals surface area contributed by atoms with Gasteiger partial charge >= 0.3 is 0 Å². The van der Waals surface area contributed by atoms with E-state index in [1.807, 2.05) is 6.07 Å². The van der Waals surface area contributed by atoms with Gasteiger partial charge in [-0.25, -0.2) is 0 Å². The summed E-state index contributed by atoms with van der Waals surface area (Å²) in [5, 5.41) is 36.9. The van der Waals surface area contributed by atoms with Crippen molar-refractivity contribution >= 4 is 34.6 Å². The first-order chi connectivity index (χ1) is 11.9. The van der Waals surface area contributed by atoms with Gasteiger partial charge in [-0.1, -0.05) is 23.2 Å². The molecule has 0 unspecified atom stereocenters. The third kappa shape index (κ3) is 3.99. The first-order valence-electron chi connectivity index (χ1n) is 7.24. The average Bonchev–Trinajstić information content (AvgIpc) is 2.58. The maximum absolute atomic E-state index is 12.6. The highest BCUT2D eigenvalue weighted by atomic mass is 35.5. The predicted octanol–water partition coefficient (Wildman–Crippen LogP) is 3.84. The Morgan fingerprint density at radius 3 is 2.68 bits per heavy atom. The van der Waals surface area contributed by atoms with Gasteiger partial charge in [0.2, 0.25) is 5.88 Å². The molecule has 1 aromatic carbocycles. The standard InChI is InChI=1S/C16H14Cl2N4O3/c1-9-11(8-19)15(24)22(5-2-6-23)16(25)14(9)21-20-13-7-10(17)3-4-12(13)18/h3-4,7,23-24H,2,5-6H2,1H3. The molecule has 0 aliphatic rings. The molecule has 130 valence electrons. The highest BCUT2D eigenvalue weighted by molar-refractivity contribution is 6.35. The number of benzene rings is 1. The van der Waals surface area contributed by atoms with Crippen LogP contribution in [0.1, 0.15) is 17.5 Å². The molecule has 0 aliphatic carbocycles. The van der Waals surface area contributed by atoms with Crippen molar-refractivity contribution in [2.24, 2.45) is 10.2 Å². The van der Waals surface area contributed by atoms with Crippen molar-refractivity contribution in [1.29, 1.82) is 5.26 Å². The van der Waals surface area contributed by atoms with Crippen LogP contribution in [0.4, 0.5) is 11.4 Å². The number of aromatic nitrogens is 1. The van der Waals surface area contributed by atoms with Gasteiger partial charge in [-0.3, -0.25) is 9.36 Å². The number of aliphatic hydroxyl groups excluding tert-OH is 1. The minimum Gasteiger partial charge on any atom is -0.493 e. The molecule has 0 saturated heterocycles. The van der Waals surface area contributed by atoms with Crippen LogP contribution in [0.3, 0.4) is 0 Å². The van der Waals surface area contributed by atoms with Gasteiger partial charge in [0.15, 0.2) is 5.69 Å². The molecule has 0 aliphatic heterocycles. The van der Waals surface area contributed by atoms with Crippen LogP contribution in [-0.4, -0.2) is 21.4 Å². The lowest BCUT2D eigenvalue weighted by Gasteiger charge is -2.12. The van der Waals surface area contributed by atoms with Gasteiger partial charge in [-0.05, 0) is 31.5 Å². The van der Waals surface area contributed by atoms with Crippen molar-refractivity contribution in [3.63, 3.8) is 0 Å². The highest BCUT2D eigenvalue weighted by Gasteiger charge is 2.19. The fraction of sp³-hybridized carbons (Fsp3) is 0.250. The van der Waals surface area contributed by atoms with Crippen LogP contribution >= 0.6 is 23.2 Å². The zero-order valence-electron chi connectivity index (χ0n) is 13.2. The summed E-state index contributed by atoms with van der Waals surface area (Å²) in [5.41, 5.74) is -0.329. The third-order valence-corrected chi connectivity index (χ3v) is 4.03. The normalized spacial score (nSPS) is 11.0. The molecule has 1 aromatic heterocycles. The predicted molar refractivity (Wildman–Crippen MR) is 94.2 cm³/mol. The van der Waals surface area contributed by atoms with Crippen molar-refractivity contribution in [3.05, 3.63) is 49.7 Å². The van der Waals surface area contributed by atoms with Crippen molar-refractivity contribution in [2.45, 2.75) is 19.9 Å². The number of aliphatic hydroxyl groups is 1. The Balaban J connectivity index is 2.61. The maximum atomic E-state index is 12.6. The molecule has 0 fully saturated rings. The lowest BCUT2D eigenvalue weighted by atomic mass is 10.1. The Kier molecular flexibility index (Phi) is 6.15. The van der Waals surface area contributed by atoms with Gasteiger partial charge < -0.3 is 10.2 Å². The second-order valence-electron chi connectivity index (χ2n) is 5.11. The second kappa shape index (κ2) is 8.12. The SMILES string of the molecule is Cc1c(C#N)c(O)n(CCCO)c(=O)c1N=Nc1cc(Cl)ccc1Cl. The van der Waals surface area contributed by atoms with Crippen LogP contribution in [0.15, 0.2) is 33.2 Å². The fourth-order valence-electron chi connectivity index (χ4n) is 2.16. The van der Waals surface area contributed by atoms with Crippen LogP contribution in [0.2, 0.25) is 10.0 Å². The van der Waals surface area contributed by atoms with E-state index >= 15 is 0 Å². The number of nitriles is 1. The zero-order chi connectivity index (χ0) is 18.6. The Hall–Kier alpha value is -2.40. The summed E-state index contributed by atoms with van der Waals surface area (Å²) in [6, 6.07) is 6.46. The van der Waals surface area contributed by atoms with Crippen molar-refractivity contribution in [1.82, 2.24) is 4.57 Å². The molecular formula is C16H14Cl2N4O3. The first kappa shape index (κ1) is 18.9. The molecule has 0 bridgehead atoms. The molecule has 0 saturated carbocycles. The third-order valence-electron chi connectivity index (χ3n) is 3.47. The molecule has 7 nitrogen and oxygen atoms in total. The Labute approximate surface area is 153 Å². The molecule has 9 heteroatoms. The fourth-order valence-corrected chi connectivity index (χ4v) is 2.48. The Morgan fingerprint density at radius 1 is 1.32 bits per heavy atom. The zero-order valence-corrected chi connectivity index (χ0v) is 14.7. The maximum Gasteiger partial charge on any atom is 0.281 e. The summed E-state index contributed by atoms with van der Waals surface area (Å²) in [6.45, 7) is 1.36. The lowest BCUT2D eigenvalue weighted by Crippen LogP contribution is -2.22. The second-order valence-corrected chi connectivity index (χ2v) is 5.96. The van der Waals surface area contributed by atoms with Crippen LogP contribution < -0.4 is 5.56 Å². The summed E-state index contributed by atoms with van der Waals surface area (Å²) in [5.74, 6) is -0.460.